The van der Waals surface area contributed by atoms with Crippen molar-refractivity contribution < 1.29 is 18.7 Å². The summed E-state index contributed by atoms with van der Waals surface area (Å²) >= 11 is 0. The van der Waals surface area contributed by atoms with Crippen LogP contribution in [0.1, 0.15) is 13.3 Å². The van der Waals surface area contributed by atoms with Gasteiger partial charge in [0.15, 0.2) is 0 Å². The van der Waals surface area contributed by atoms with E-state index >= 15 is 0 Å². The van der Waals surface area contributed by atoms with Crippen LogP contribution >= 0.6 is 0 Å². The van der Waals surface area contributed by atoms with Crippen molar-refractivity contribution >= 4 is 5.97 Å². The van der Waals surface area contributed by atoms with Crippen LogP contribution in [0.3, 0.4) is 0 Å². The molecule has 0 aromatic heterocycles. The van der Waals surface area contributed by atoms with Crippen LogP contribution in [-0.4, -0.2) is 17.0 Å². The molecule has 1 rings (SSSR count). The van der Waals surface area contributed by atoms with Crippen LogP contribution in [0.5, 0.6) is 0 Å². The Bertz CT molecular complexity index is 162. The van der Waals surface area contributed by atoms with E-state index in [0.29, 0.717) is 0 Å². The second-order valence-electron chi connectivity index (χ2n) is 2.74. The minimum Gasteiger partial charge on any atom is -0.481 e. The molecule has 0 heterocycles. The summed E-state index contributed by atoms with van der Waals surface area (Å²) in [5.41, 5.74) is 0. The Balaban J connectivity index is 2.46. The van der Waals surface area contributed by atoms with Gasteiger partial charge >= 0.3 is 5.97 Å². The zero-order valence-electron chi connectivity index (χ0n) is 5.47. The zero-order valence-corrected chi connectivity index (χ0v) is 5.47. The molecule has 1 aliphatic rings. The molecule has 0 aromatic rings. The van der Waals surface area contributed by atoms with E-state index in [1.807, 2.05) is 0 Å². The molecule has 0 saturated heterocycles. The molecule has 10 heavy (non-hydrogen) atoms. The molecule has 0 aliphatic heterocycles. The SMILES string of the molecule is CC(F)(F)[C@H]1CC1C(=O)O. The van der Waals surface area contributed by atoms with Gasteiger partial charge in [-0.15, -0.1) is 0 Å². The summed E-state index contributed by atoms with van der Waals surface area (Å²) in [5.74, 6) is -5.65. The van der Waals surface area contributed by atoms with Crippen molar-refractivity contribution in [3.05, 3.63) is 0 Å². The number of carbonyl (C=O) groups is 1. The van der Waals surface area contributed by atoms with Crippen LogP contribution in [-0.2, 0) is 4.79 Å². The predicted molar refractivity (Wildman–Crippen MR) is 29.9 cm³/mol. The molecule has 1 saturated carbocycles. The molecular formula is C6H8F2O2. The maximum absolute atomic E-state index is 12.3. The van der Waals surface area contributed by atoms with Crippen LogP contribution in [0.25, 0.3) is 0 Å². The van der Waals surface area contributed by atoms with E-state index in [-0.39, 0.29) is 6.42 Å². The monoisotopic (exact) mass is 150 g/mol. The van der Waals surface area contributed by atoms with Gasteiger partial charge in [-0.05, 0) is 13.3 Å². The second kappa shape index (κ2) is 1.90. The third-order valence-electron chi connectivity index (χ3n) is 1.76. The van der Waals surface area contributed by atoms with E-state index in [1.54, 1.807) is 0 Å². The first kappa shape index (κ1) is 7.44. The van der Waals surface area contributed by atoms with Gasteiger partial charge in [0.1, 0.15) is 0 Å². The molecule has 1 aliphatic carbocycles. The minimum absolute atomic E-state index is 0.124. The summed E-state index contributed by atoms with van der Waals surface area (Å²) in [6.07, 6.45) is 0.124. The maximum atomic E-state index is 12.3. The quantitative estimate of drug-likeness (QED) is 0.645. The Kier molecular flexibility index (Phi) is 1.42. The summed E-state index contributed by atoms with van der Waals surface area (Å²) in [4.78, 5) is 10.1. The third-order valence-corrected chi connectivity index (χ3v) is 1.76. The topological polar surface area (TPSA) is 37.3 Å². The lowest BCUT2D eigenvalue weighted by molar-refractivity contribution is -0.140. The second-order valence-corrected chi connectivity index (χ2v) is 2.74. The number of aliphatic carboxylic acids is 1. The molecule has 0 amide bonds. The molecule has 1 unspecified atom stereocenters. The zero-order chi connectivity index (χ0) is 7.94. The van der Waals surface area contributed by atoms with Gasteiger partial charge in [0.05, 0.1) is 5.92 Å². The van der Waals surface area contributed by atoms with Crippen LogP contribution in [0, 0.1) is 11.8 Å². The number of hydrogen-bond donors (Lipinski definition) is 1. The van der Waals surface area contributed by atoms with Gasteiger partial charge in [-0.2, -0.15) is 0 Å². The summed E-state index contributed by atoms with van der Waals surface area (Å²) in [6.45, 7) is 0.764. The molecular weight excluding hydrogens is 142 g/mol. The van der Waals surface area contributed by atoms with Crippen molar-refractivity contribution in [1.29, 1.82) is 0 Å². The average Bonchev–Trinajstić information content (AvgIpc) is 2.35. The average molecular weight is 150 g/mol. The first-order chi connectivity index (χ1) is 4.43. The Morgan fingerprint density at radius 1 is 1.70 bits per heavy atom. The van der Waals surface area contributed by atoms with E-state index in [4.69, 9.17) is 5.11 Å². The van der Waals surface area contributed by atoms with Crippen LogP contribution < -0.4 is 0 Å². The summed E-state index contributed by atoms with van der Waals surface area (Å²) in [5, 5.41) is 8.25. The molecule has 0 aromatic carbocycles. The van der Waals surface area contributed by atoms with E-state index in [9.17, 15) is 13.6 Å². The van der Waals surface area contributed by atoms with Gasteiger partial charge < -0.3 is 5.11 Å². The van der Waals surface area contributed by atoms with E-state index in [2.05, 4.69) is 0 Å². The highest BCUT2D eigenvalue weighted by Gasteiger charge is 2.55. The van der Waals surface area contributed by atoms with Gasteiger partial charge in [0.2, 0.25) is 5.92 Å². The normalized spacial score (nSPS) is 31.9. The Morgan fingerprint density at radius 2 is 2.20 bits per heavy atom. The number of carboxylic acids is 1. The standard InChI is InChI=1S/C6H8F2O2/c1-6(7,8)4-2-3(4)5(9)10/h3-4H,2H2,1H3,(H,9,10)/t3?,4-/m0/s1. The molecule has 1 N–H and O–H groups in total. The Hall–Kier alpha value is -0.670. The molecule has 1 fully saturated rings. The molecule has 0 radical (unpaired) electrons. The maximum Gasteiger partial charge on any atom is 0.307 e. The molecule has 0 bridgehead atoms. The fraction of sp³-hybridized carbons (Fsp3) is 0.833. The lowest BCUT2D eigenvalue weighted by Crippen LogP contribution is -2.16. The van der Waals surface area contributed by atoms with Gasteiger partial charge in [-0.1, -0.05) is 0 Å². The van der Waals surface area contributed by atoms with Crippen molar-refractivity contribution in [3.8, 4) is 0 Å². The number of halogens is 2. The molecule has 2 atom stereocenters. The van der Waals surface area contributed by atoms with Gasteiger partial charge in [-0.3, -0.25) is 4.79 Å². The van der Waals surface area contributed by atoms with Crippen LogP contribution in [0.15, 0.2) is 0 Å². The fourth-order valence-electron chi connectivity index (χ4n) is 1.03. The minimum atomic E-state index is -2.82. The van der Waals surface area contributed by atoms with Crippen molar-refractivity contribution in [1.82, 2.24) is 0 Å². The van der Waals surface area contributed by atoms with Gasteiger partial charge in [0.25, 0.3) is 0 Å². The van der Waals surface area contributed by atoms with Crippen LogP contribution in [0.4, 0.5) is 8.78 Å². The van der Waals surface area contributed by atoms with Crippen LogP contribution in [0.2, 0.25) is 0 Å². The van der Waals surface area contributed by atoms with E-state index in [0.717, 1.165) is 6.92 Å². The van der Waals surface area contributed by atoms with Crippen molar-refractivity contribution in [3.63, 3.8) is 0 Å². The first-order valence-electron chi connectivity index (χ1n) is 3.03. The highest BCUT2D eigenvalue weighted by molar-refractivity contribution is 5.73. The van der Waals surface area contributed by atoms with Crippen molar-refractivity contribution in [2.24, 2.45) is 11.8 Å². The Labute approximate surface area is 56.8 Å². The largest absolute Gasteiger partial charge is 0.481 e. The molecule has 58 valence electrons. The summed E-state index contributed by atoms with van der Waals surface area (Å²) < 4.78 is 24.5. The fourth-order valence-corrected chi connectivity index (χ4v) is 1.03. The highest BCUT2D eigenvalue weighted by atomic mass is 19.3. The van der Waals surface area contributed by atoms with E-state index in [1.165, 1.54) is 0 Å². The molecule has 2 nitrogen and oxygen atoms in total. The molecule has 4 heteroatoms. The number of hydrogen-bond acceptors (Lipinski definition) is 1. The summed E-state index contributed by atoms with van der Waals surface area (Å²) in [7, 11) is 0. The van der Waals surface area contributed by atoms with Crippen molar-refractivity contribution in [2.45, 2.75) is 19.3 Å². The van der Waals surface area contributed by atoms with Gasteiger partial charge in [-0.25, -0.2) is 8.78 Å². The Morgan fingerprint density at radius 3 is 2.30 bits per heavy atom. The number of alkyl halides is 2. The number of rotatable bonds is 2. The van der Waals surface area contributed by atoms with E-state index < -0.39 is 23.7 Å². The smallest absolute Gasteiger partial charge is 0.307 e. The van der Waals surface area contributed by atoms with Gasteiger partial charge in [0, 0.05) is 5.92 Å². The summed E-state index contributed by atoms with van der Waals surface area (Å²) in [6, 6.07) is 0. The molecule has 0 spiro atoms. The predicted octanol–water partition coefficient (Wildman–Crippen LogP) is 1.36. The lowest BCUT2D eigenvalue weighted by atomic mass is 10.2. The van der Waals surface area contributed by atoms with Crippen molar-refractivity contribution in [2.75, 3.05) is 0 Å². The third kappa shape index (κ3) is 1.25. The number of carboxylic acid groups (broad SMARTS) is 1. The highest BCUT2D eigenvalue weighted by Crippen LogP contribution is 2.48. The first-order valence-corrected chi connectivity index (χ1v) is 3.03. The lowest BCUT2D eigenvalue weighted by Gasteiger charge is -2.06.